The van der Waals surface area contributed by atoms with Gasteiger partial charge >= 0.3 is 5.97 Å². The fraction of sp³-hybridized carbons (Fsp3) is 0.364. The van der Waals surface area contributed by atoms with Gasteiger partial charge in [-0.2, -0.15) is 0 Å². The lowest BCUT2D eigenvalue weighted by atomic mass is 10.2. The van der Waals surface area contributed by atoms with Crippen molar-refractivity contribution in [2.75, 3.05) is 24.5 Å². The van der Waals surface area contributed by atoms with Crippen LogP contribution in [-0.2, 0) is 4.79 Å². The molecule has 0 spiro atoms. The highest BCUT2D eigenvalue weighted by Crippen LogP contribution is 2.21. The summed E-state index contributed by atoms with van der Waals surface area (Å²) in [5.41, 5.74) is -0.00804. The minimum absolute atomic E-state index is 0.00804. The Morgan fingerprint density at radius 2 is 2.33 bits per heavy atom. The van der Waals surface area contributed by atoms with Gasteiger partial charge in [0.05, 0.1) is 17.1 Å². The highest BCUT2D eigenvalue weighted by Gasteiger charge is 2.18. The van der Waals surface area contributed by atoms with Crippen LogP contribution in [0.25, 0.3) is 0 Å². The molecule has 1 aromatic rings. The minimum atomic E-state index is -1.11. The maximum atomic E-state index is 11.4. The van der Waals surface area contributed by atoms with Crippen LogP contribution in [0.4, 0.5) is 5.82 Å². The number of amides is 1. The van der Waals surface area contributed by atoms with Crippen molar-refractivity contribution in [3.05, 3.63) is 22.8 Å². The molecule has 0 unspecified atom stereocenters. The molecule has 18 heavy (non-hydrogen) atoms. The van der Waals surface area contributed by atoms with Crippen molar-refractivity contribution in [1.82, 2.24) is 10.3 Å². The van der Waals surface area contributed by atoms with Gasteiger partial charge in [-0.05, 0) is 12.5 Å². The van der Waals surface area contributed by atoms with E-state index in [4.69, 9.17) is 16.7 Å². The molecule has 0 saturated carbocycles. The Hall–Kier alpha value is -1.82. The number of pyridine rings is 1. The van der Waals surface area contributed by atoms with Crippen molar-refractivity contribution < 1.29 is 14.7 Å². The molecule has 0 aromatic carbocycles. The molecule has 0 radical (unpaired) electrons. The first-order valence-corrected chi connectivity index (χ1v) is 5.86. The fourth-order valence-corrected chi connectivity index (χ4v) is 1.95. The molecule has 1 aliphatic rings. The highest BCUT2D eigenvalue weighted by atomic mass is 35.5. The topological polar surface area (TPSA) is 82.5 Å². The Kier molecular flexibility index (Phi) is 3.66. The Labute approximate surface area is 109 Å². The van der Waals surface area contributed by atoms with Gasteiger partial charge in [-0.3, -0.25) is 4.79 Å². The number of nitrogens with zero attached hydrogens (tertiary/aromatic N) is 2. The number of aromatic carboxylic acids is 1. The molecule has 2 N–H and O–H groups in total. The number of anilines is 1. The lowest BCUT2D eigenvalue weighted by Crippen LogP contribution is -2.33. The van der Waals surface area contributed by atoms with Crippen LogP contribution in [0.1, 0.15) is 16.8 Å². The number of halogens is 1. The van der Waals surface area contributed by atoms with Crippen molar-refractivity contribution in [3.63, 3.8) is 0 Å². The number of rotatable bonds is 2. The van der Waals surface area contributed by atoms with Crippen LogP contribution in [0.2, 0.25) is 5.02 Å². The van der Waals surface area contributed by atoms with E-state index in [0.29, 0.717) is 18.9 Å². The lowest BCUT2D eigenvalue weighted by Gasteiger charge is -2.20. The van der Waals surface area contributed by atoms with Gasteiger partial charge in [-0.25, -0.2) is 9.78 Å². The van der Waals surface area contributed by atoms with Crippen LogP contribution < -0.4 is 10.2 Å². The van der Waals surface area contributed by atoms with Gasteiger partial charge in [0.1, 0.15) is 5.82 Å². The number of carbonyl (C=O) groups excluding carboxylic acids is 1. The Balaban J connectivity index is 2.29. The number of aromatic nitrogens is 1. The van der Waals surface area contributed by atoms with E-state index in [2.05, 4.69) is 10.3 Å². The van der Waals surface area contributed by atoms with Crippen molar-refractivity contribution in [1.29, 1.82) is 0 Å². The van der Waals surface area contributed by atoms with Gasteiger partial charge in [-0.1, -0.05) is 11.6 Å². The Morgan fingerprint density at radius 1 is 1.56 bits per heavy atom. The van der Waals surface area contributed by atoms with Gasteiger partial charge in [0.2, 0.25) is 5.91 Å². The summed E-state index contributed by atoms with van der Waals surface area (Å²) in [4.78, 5) is 28.2. The summed E-state index contributed by atoms with van der Waals surface area (Å²) >= 11 is 5.75. The maximum absolute atomic E-state index is 11.4. The zero-order chi connectivity index (χ0) is 13.1. The summed E-state index contributed by atoms with van der Waals surface area (Å²) in [7, 11) is 0. The van der Waals surface area contributed by atoms with E-state index >= 15 is 0 Å². The van der Waals surface area contributed by atoms with E-state index < -0.39 is 5.97 Å². The molecule has 1 aromatic heterocycles. The summed E-state index contributed by atoms with van der Waals surface area (Å²) in [5.74, 6) is -0.752. The molecule has 2 rings (SSSR count). The molecule has 96 valence electrons. The van der Waals surface area contributed by atoms with Crippen molar-refractivity contribution in [3.8, 4) is 0 Å². The normalized spacial score (nSPS) is 16.1. The molecule has 7 heteroatoms. The molecule has 0 atom stereocenters. The van der Waals surface area contributed by atoms with Gasteiger partial charge in [0.15, 0.2) is 0 Å². The standard InChI is InChI=1S/C11H12ClN3O3/c12-8-5-14-9(4-7(8)11(17)18)15-3-1-2-13-10(16)6-15/h4-5H,1-3,6H2,(H,13,16)(H,17,18). The number of carboxylic acid groups (broad SMARTS) is 1. The van der Waals surface area contributed by atoms with Crippen molar-refractivity contribution in [2.24, 2.45) is 0 Å². The molecule has 6 nitrogen and oxygen atoms in total. The van der Waals surface area contributed by atoms with Gasteiger partial charge in [0, 0.05) is 19.3 Å². The second kappa shape index (κ2) is 5.22. The summed E-state index contributed by atoms with van der Waals surface area (Å²) in [5, 5.41) is 11.8. The number of carboxylic acids is 1. The van der Waals surface area contributed by atoms with Gasteiger partial charge < -0.3 is 15.3 Å². The Morgan fingerprint density at radius 3 is 3.06 bits per heavy atom. The number of hydrogen-bond donors (Lipinski definition) is 2. The van der Waals surface area contributed by atoms with Gasteiger partial charge in [0.25, 0.3) is 0 Å². The van der Waals surface area contributed by atoms with E-state index in [1.54, 1.807) is 4.90 Å². The molecule has 0 aliphatic carbocycles. The molecular weight excluding hydrogens is 258 g/mol. The monoisotopic (exact) mass is 269 g/mol. The van der Waals surface area contributed by atoms with Crippen LogP contribution in [0.15, 0.2) is 12.3 Å². The highest BCUT2D eigenvalue weighted by molar-refractivity contribution is 6.33. The average Bonchev–Trinajstić information content (AvgIpc) is 2.54. The third kappa shape index (κ3) is 2.70. The molecule has 1 fully saturated rings. The van der Waals surface area contributed by atoms with Crippen LogP contribution in [0, 0.1) is 0 Å². The molecule has 0 bridgehead atoms. The largest absolute Gasteiger partial charge is 0.478 e. The summed E-state index contributed by atoms with van der Waals surface area (Å²) in [6, 6.07) is 1.39. The average molecular weight is 270 g/mol. The zero-order valence-corrected chi connectivity index (χ0v) is 10.3. The smallest absolute Gasteiger partial charge is 0.337 e. The SMILES string of the molecule is O=C1CN(c2cc(C(=O)O)c(Cl)cn2)CCCN1. The first-order valence-electron chi connectivity index (χ1n) is 5.48. The second-order valence-corrected chi connectivity index (χ2v) is 4.36. The van der Waals surface area contributed by atoms with E-state index in [1.165, 1.54) is 12.3 Å². The second-order valence-electron chi connectivity index (χ2n) is 3.95. The lowest BCUT2D eigenvalue weighted by molar-refractivity contribution is -0.119. The fourth-order valence-electron chi connectivity index (χ4n) is 1.77. The first kappa shape index (κ1) is 12.6. The molecule has 1 aliphatic heterocycles. The van der Waals surface area contributed by atoms with Crippen LogP contribution in [0.3, 0.4) is 0 Å². The Bertz CT molecular complexity index is 492. The maximum Gasteiger partial charge on any atom is 0.337 e. The predicted octanol–water partition coefficient (Wildman–Crippen LogP) is 0.759. The van der Waals surface area contributed by atoms with Crippen LogP contribution >= 0.6 is 11.6 Å². The third-order valence-electron chi connectivity index (χ3n) is 2.66. The molecule has 1 amide bonds. The van der Waals surface area contributed by atoms with Crippen molar-refractivity contribution >= 4 is 29.3 Å². The third-order valence-corrected chi connectivity index (χ3v) is 2.96. The van der Waals surface area contributed by atoms with E-state index in [9.17, 15) is 9.59 Å². The minimum Gasteiger partial charge on any atom is -0.478 e. The summed E-state index contributed by atoms with van der Waals surface area (Å²) < 4.78 is 0. The summed E-state index contributed by atoms with van der Waals surface area (Å²) in [6.45, 7) is 1.44. The number of hydrogen-bond acceptors (Lipinski definition) is 4. The van der Waals surface area contributed by atoms with Crippen molar-refractivity contribution in [2.45, 2.75) is 6.42 Å². The molecular formula is C11H12ClN3O3. The van der Waals surface area contributed by atoms with E-state index in [1.807, 2.05) is 0 Å². The zero-order valence-electron chi connectivity index (χ0n) is 9.52. The van der Waals surface area contributed by atoms with Crippen LogP contribution in [-0.4, -0.2) is 41.6 Å². The van der Waals surface area contributed by atoms with Crippen LogP contribution in [0.5, 0.6) is 0 Å². The number of nitrogens with one attached hydrogen (secondary N) is 1. The predicted molar refractivity (Wildman–Crippen MR) is 66.0 cm³/mol. The first-order chi connectivity index (χ1) is 8.58. The van der Waals surface area contributed by atoms with E-state index in [-0.39, 0.29) is 23.0 Å². The van der Waals surface area contributed by atoms with Gasteiger partial charge in [-0.15, -0.1) is 0 Å². The quantitative estimate of drug-likeness (QED) is 0.828. The summed E-state index contributed by atoms with van der Waals surface area (Å²) in [6.07, 6.45) is 2.08. The molecule has 1 saturated heterocycles. The molecule has 2 heterocycles. The number of carbonyl (C=O) groups is 2. The van der Waals surface area contributed by atoms with E-state index in [0.717, 1.165) is 6.42 Å².